The second-order valence-electron chi connectivity index (χ2n) is 7.45. The summed E-state index contributed by atoms with van der Waals surface area (Å²) >= 11 is 5.90. The van der Waals surface area contributed by atoms with Gasteiger partial charge in [-0.25, -0.2) is 4.79 Å². The van der Waals surface area contributed by atoms with E-state index >= 15 is 0 Å². The number of rotatable bonds is 5. The molecular formula is C25H20ClN3O4. The first kappa shape index (κ1) is 22.2. The molecular weight excluding hydrogens is 442 g/mol. The Morgan fingerprint density at radius 2 is 1.76 bits per heavy atom. The molecule has 0 heterocycles. The molecule has 0 bridgehead atoms. The van der Waals surface area contributed by atoms with Crippen LogP contribution in [-0.2, 0) is 4.74 Å². The molecule has 1 aliphatic carbocycles. The van der Waals surface area contributed by atoms with Crippen LogP contribution in [0.1, 0.15) is 29.0 Å². The first-order valence-corrected chi connectivity index (χ1v) is 10.6. The summed E-state index contributed by atoms with van der Waals surface area (Å²) in [5.41, 5.74) is 10.4. The summed E-state index contributed by atoms with van der Waals surface area (Å²) in [6, 6.07) is 18.9. The van der Waals surface area contributed by atoms with E-state index in [-0.39, 0.29) is 41.0 Å². The number of nitro groups is 1. The van der Waals surface area contributed by atoms with Gasteiger partial charge in [0.15, 0.2) is 0 Å². The fourth-order valence-corrected chi connectivity index (χ4v) is 4.10. The van der Waals surface area contributed by atoms with E-state index in [0.717, 1.165) is 22.3 Å². The molecule has 33 heavy (non-hydrogen) atoms. The Morgan fingerprint density at radius 3 is 2.39 bits per heavy atom. The van der Waals surface area contributed by atoms with Gasteiger partial charge in [-0.15, -0.1) is 0 Å². The van der Waals surface area contributed by atoms with Crippen LogP contribution in [0.4, 0.5) is 16.2 Å². The molecule has 0 radical (unpaired) electrons. The number of nitrogen functional groups attached to an aromatic ring is 1. The third kappa shape index (κ3) is 4.76. The molecule has 0 spiro atoms. The summed E-state index contributed by atoms with van der Waals surface area (Å²) < 4.78 is 5.47. The van der Waals surface area contributed by atoms with Crippen molar-refractivity contribution in [1.82, 2.24) is 5.32 Å². The zero-order valence-electron chi connectivity index (χ0n) is 17.5. The summed E-state index contributed by atoms with van der Waals surface area (Å²) in [7, 11) is 0. The number of ether oxygens (including phenoxy) is 1. The molecule has 7 nitrogen and oxygen atoms in total. The molecule has 3 aromatic rings. The van der Waals surface area contributed by atoms with Gasteiger partial charge in [0.1, 0.15) is 12.3 Å². The topological polar surface area (TPSA) is 107 Å². The van der Waals surface area contributed by atoms with E-state index in [1.165, 1.54) is 12.1 Å². The van der Waals surface area contributed by atoms with Crippen molar-refractivity contribution in [2.24, 2.45) is 0 Å². The number of amides is 1. The lowest BCUT2D eigenvalue weighted by atomic mass is 9.98. The molecule has 1 aliphatic rings. The minimum Gasteiger partial charge on any atom is -0.449 e. The van der Waals surface area contributed by atoms with Crippen LogP contribution >= 0.6 is 11.6 Å². The van der Waals surface area contributed by atoms with Crippen molar-refractivity contribution < 1.29 is 14.5 Å². The van der Waals surface area contributed by atoms with Crippen LogP contribution < -0.4 is 11.1 Å². The number of nitrogens with zero attached hydrogens (tertiary/aromatic N) is 1. The number of halogens is 1. The quantitative estimate of drug-likeness (QED) is 0.180. The Morgan fingerprint density at radius 1 is 1.12 bits per heavy atom. The molecule has 4 rings (SSSR count). The van der Waals surface area contributed by atoms with E-state index in [4.69, 9.17) is 22.1 Å². The van der Waals surface area contributed by atoms with E-state index in [9.17, 15) is 14.9 Å². The lowest BCUT2D eigenvalue weighted by molar-refractivity contribution is -0.383. The summed E-state index contributed by atoms with van der Waals surface area (Å²) in [5.74, 6) is 5.59. The van der Waals surface area contributed by atoms with Gasteiger partial charge < -0.3 is 15.8 Å². The number of anilines is 1. The monoisotopic (exact) mass is 461 g/mol. The molecule has 0 aliphatic heterocycles. The highest BCUT2D eigenvalue weighted by atomic mass is 35.5. The minimum absolute atomic E-state index is 0.00969. The van der Waals surface area contributed by atoms with Gasteiger partial charge in [0.25, 0.3) is 5.69 Å². The molecule has 3 aromatic carbocycles. The lowest BCUT2D eigenvalue weighted by Crippen LogP contribution is -2.26. The number of nitrogens with two attached hydrogens (primary N) is 1. The van der Waals surface area contributed by atoms with Crippen LogP contribution in [0.3, 0.4) is 0 Å². The van der Waals surface area contributed by atoms with E-state index < -0.39 is 11.0 Å². The van der Waals surface area contributed by atoms with Gasteiger partial charge in [0, 0.05) is 30.0 Å². The Hall–Kier alpha value is -4.02. The first-order chi connectivity index (χ1) is 16.0. The largest absolute Gasteiger partial charge is 0.449 e. The van der Waals surface area contributed by atoms with Crippen molar-refractivity contribution in [3.05, 3.63) is 92.5 Å². The van der Waals surface area contributed by atoms with Crippen molar-refractivity contribution in [1.29, 1.82) is 0 Å². The second kappa shape index (κ2) is 9.63. The summed E-state index contributed by atoms with van der Waals surface area (Å²) in [4.78, 5) is 22.6. The fraction of sp³-hybridized carbons (Fsp3) is 0.160. The highest BCUT2D eigenvalue weighted by molar-refractivity contribution is 6.31. The lowest BCUT2D eigenvalue weighted by Gasteiger charge is -2.14. The highest BCUT2D eigenvalue weighted by Crippen LogP contribution is 2.44. The predicted molar refractivity (Wildman–Crippen MR) is 127 cm³/mol. The SMILES string of the molecule is Nc1c(C#CCCNC(=O)OCC2c3ccccc3-c3ccccc32)cc(Cl)cc1[N+](=O)[O-]. The normalized spacial score (nSPS) is 11.7. The smallest absolute Gasteiger partial charge is 0.407 e. The number of carbonyl (C=O) groups excluding carboxylic acids is 1. The van der Waals surface area contributed by atoms with Gasteiger partial charge in [-0.1, -0.05) is 72.0 Å². The van der Waals surface area contributed by atoms with Crippen LogP contribution in [0, 0.1) is 22.0 Å². The predicted octanol–water partition coefficient (Wildman–Crippen LogP) is 5.11. The zero-order chi connectivity index (χ0) is 23.4. The molecule has 3 N–H and O–H groups in total. The second-order valence-corrected chi connectivity index (χ2v) is 7.88. The molecule has 0 atom stereocenters. The maximum absolute atomic E-state index is 12.2. The van der Waals surface area contributed by atoms with Gasteiger partial charge in [-0.2, -0.15) is 0 Å². The third-order valence-electron chi connectivity index (χ3n) is 5.41. The first-order valence-electron chi connectivity index (χ1n) is 10.3. The van der Waals surface area contributed by atoms with Crippen LogP contribution in [0.5, 0.6) is 0 Å². The van der Waals surface area contributed by atoms with E-state index in [1.807, 2.05) is 24.3 Å². The van der Waals surface area contributed by atoms with Crippen LogP contribution in [0.25, 0.3) is 11.1 Å². The van der Waals surface area contributed by atoms with Gasteiger partial charge in [0.05, 0.1) is 10.5 Å². The van der Waals surface area contributed by atoms with E-state index in [0.29, 0.717) is 6.42 Å². The number of hydrogen-bond acceptors (Lipinski definition) is 5. The molecule has 0 saturated heterocycles. The molecule has 0 unspecified atom stereocenters. The molecule has 0 aromatic heterocycles. The average Bonchev–Trinajstić information content (AvgIpc) is 3.13. The molecule has 1 amide bonds. The summed E-state index contributed by atoms with van der Waals surface area (Å²) in [5, 5.41) is 13.9. The number of benzene rings is 3. The molecule has 166 valence electrons. The molecule has 0 fully saturated rings. The Bertz CT molecular complexity index is 1250. The van der Waals surface area contributed by atoms with E-state index in [1.54, 1.807) is 0 Å². The van der Waals surface area contributed by atoms with E-state index in [2.05, 4.69) is 41.4 Å². The number of fused-ring (bicyclic) bond motifs is 3. The van der Waals surface area contributed by atoms with Gasteiger partial charge in [-0.3, -0.25) is 10.1 Å². The van der Waals surface area contributed by atoms with Crippen molar-refractivity contribution in [3.63, 3.8) is 0 Å². The summed E-state index contributed by atoms with van der Waals surface area (Å²) in [6.45, 7) is 0.487. The zero-order valence-corrected chi connectivity index (χ0v) is 18.3. The maximum atomic E-state index is 12.2. The third-order valence-corrected chi connectivity index (χ3v) is 5.62. The van der Waals surface area contributed by atoms with Gasteiger partial charge >= 0.3 is 6.09 Å². The number of carbonyl (C=O) groups is 1. The van der Waals surface area contributed by atoms with Gasteiger partial charge in [-0.05, 0) is 28.3 Å². The standard InChI is InChI=1S/C25H20ClN3O4/c26-17-13-16(24(27)23(14-17)29(31)32)7-5-6-12-28-25(30)33-15-22-20-10-3-1-8-18(20)19-9-2-4-11-21(19)22/h1-4,8-11,13-14,22H,6,12,15,27H2,(H,28,30). The number of nitro benzene ring substituents is 1. The maximum Gasteiger partial charge on any atom is 0.407 e. The van der Waals surface area contributed by atoms with Crippen molar-refractivity contribution in [2.75, 3.05) is 18.9 Å². The number of alkyl carbamates (subject to hydrolysis) is 1. The number of nitrogens with one attached hydrogen (secondary N) is 1. The fourth-order valence-electron chi connectivity index (χ4n) is 3.89. The average molecular weight is 462 g/mol. The van der Waals surface area contributed by atoms with Crippen LogP contribution in [-0.4, -0.2) is 24.2 Å². The Labute approximate surface area is 195 Å². The Kier molecular flexibility index (Phi) is 6.48. The highest BCUT2D eigenvalue weighted by Gasteiger charge is 2.28. The molecule has 8 heteroatoms. The molecule has 0 saturated carbocycles. The van der Waals surface area contributed by atoms with Crippen molar-refractivity contribution in [2.45, 2.75) is 12.3 Å². The minimum atomic E-state index is -0.606. The van der Waals surface area contributed by atoms with Crippen LogP contribution in [0.2, 0.25) is 5.02 Å². The van der Waals surface area contributed by atoms with Gasteiger partial charge in [0.2, 0.25) is 0 Å². The number of hydrogen-bond donors (Lipinski definition) is 2. The van der Waals surface area contributed by atoms with Crippen molar-refractivity contribution >= 4 is 29.1 Å². The van der Waals surface area contributed by atoms with Crippen molar-refractivity contribution in [3.8, 4) is 23.0 Å². The Balaban J connectivity index is 1.31. The summed E-state index contributed by atoms with van der Waals surface area (Å²) in [6.07, 6.45) is -0.221. The van der Waals surface area contributed by atoms with Crippen LogP contribution in [0.15, 0.2) is 60.7 Å².